The molecule has 23 heavy (non-hydrogen) atoms. The molecule has 3 N–H and O–H groups in total. The SMILES string of the molecule is CC(C)Oc1ccc(-c2nnnn2C(C(=O)O)C(C)C)cc1N. The van der Waals surface area contributed by atoms with Crippen LogP contribution in [0.5, 0.6) is 5.75 Å². The average molecular weight is 319 g/mol. The maximum Gasteiger partial charge on any atom is 0.328 e. The van der Waals surface area contributed by atoms with Crippen LogP contribution in [0.2, 0.25) is 0 Å². The van der Waals surface area contributed by atoms with Crippen molar-refractivity contribution in [2.24, 2.45) is 5.92 Å². The molecule has 1 heterocycles. The Morgan fingerprint density at radius 2 is 2.00 bits per heavy atom. The molecule has 1 aromatic heterocycles. The van der Waals surface area contributed by atoms with Crippen LogP contribution in [0.1, 0.15) is 33.7 Å². The molecule has 124 valence electrons. The van der Waals surface area contributed by atoms with Crippen LogP contribution < -0.4 is 10.5 Å². The lowest BCUT2D eigenvalue weighted by atomic mass is 10.0. The number of aromatic nitrogens is 4. The van der Waals surface area contributed by atoms with Gasteiger partial charge in [0.05, 0.1) is 11.8 Å². The van der Waals surface area contributed by atoms with Crippen LogP contribution in [0.4, 0.5) is 5.69 Å². The van der Waals surface area contributed by atoms with Crippen LogP contribution >= 0.6 is 0 Å². The Labute approximate surface area is 134 Å². The topological polar surface area (TPSA) is 116 Å². The molecule has 0 saturated carbocycles. The molecule has 2 aromatic rings. The summed E-state index contributed by atoms with van der Waals surface area (Å²) in [5, 5.41) is 20.8. The van der Waals surface area contributed by atoms with E-state index in [1.54, 1.807) is 32.0 Å². The van der Waals surface area contributed by atoms with E-state index in [1.165, 1.54) is 4.68 Å². The van der Waals surface area contributed by atoms with E-state index < -0.39 is 12.0 Å². The summed E-state index contributed by atoms with van der Waals surface area (Å²) >= 11 is 0. The first-order chi connectivity index (χ1) is 10.8. The van der Waals surface area contributed by atoms with E-state index in [0.717, 1.165) is 0 Å². The van der Waals surface area contributed by atoms with Crippen LogP contribution in [0.3, 0.4) is 0 Å². The Hall–Kier alpha value is -2.64. The maximum absolute atomic E-state index is 11.5. The van der Waals surface area contributed by atoms with Gasteiger partial charge in [0, 0.05) is 5.56 Å². The number of carboxylic acids is 1. The van der Waals surface area contributed by atoms with Crippen molar-refractivity contribution in [2.45, 2.75) is 39.8 Å². The number of anilines is 1. The molecule has 0 aliphatic rings. The normalized spacial score (nSPS) is 12.6. The Morgan fingerprint density at radius 1 is 1.30 bits per heavy atom. The van der Waals surface area contributed by atoms with Gasteiger partial charge in [-0.1, -0.05) is 13.8 Å². The molecule has 0 radical (unpaired) electrons. The molecule has 0 saturated heterocycles. The van der Waals surface area contributed by atoms with Crippen molar-refractivity contribution in [1.29, 1.82) is 0 Å². The number of nitrogens with two attached hydrogens (primary N) is 1. The van der Waals surface area contributed by atoms with E-state index in [9.17, 15) is 9.90 Å². The van der Waals surface area contributed by atoms with E-state index in [-0.39, 0.29) is 12.0 Å². The highest BCUT2D eigenvalue weighted by molar-refractivity contribution is 5.74. The second-order valence-corrected chi connectivity index (χ2v) is 5.89. The summed E-state index contributed by atoms with van der Waals surface area (Å²) in [4.78, 5) is 11.5. The fraction of sp³-hybridized carbons (Fsp3) is 0.467. The summed E-state index contributed by atoms with van der Waals surface area (Å²) in [6, 6.07) is 4.32. The third-order valence-electron chi connectivity index (χ3n) is 3.27. The maximum atomic E-state index is 11.5. The van der Waals surface area contributed by atoms with Gasteiger partial charge in [0.25, 0.3) is 0 Å². The molecule has 0 bridgehead atoms. The molecule has 8 nitrogen and oxygen atoms in total. The van der Waals surface area contributed by atoms with Crippen molar-refractivity contribution in [1.82, 2.24) is 20.2 Å². The Balaban J connectivity index is 2.42. The molecule has 0 fully saturated rings. The van der Waals surface area contributed by atoms with Crippen molar-refractivity contribution < 1.29 is 14.6 Å². The summed E-state index contributed by atoms with van der Waals surface area (Å²) in [5.74, 6) is -0.229. The second-order valence-electron chi connectivity index (χ2n) is 5.89. The molecular formula is C15H21N5O3. The molecule has 0 spiro atoms. The number of rotatable bonds is 6. The van der Waals surface area contributed by atoms with Crippen LogP contribution in [0, 0.1) is 5.92 Å². The lowest BCUT2D eigenvalue weighted by Crippen LogP contribution is -2.26. The highest BCUT2D eigenvalue weighted by atomic mass is 16.5. The smallest absolute Gasteiger partial charge is 0.328 e. The van der Waals surface area contributed by atoms with E-state index in [4.69, 9.17) is 10.5 Å². The molecule has 8 heteroatoms. The third kappa shape index (κ3) is 3.58. The van der Waals surface area contributed by atoms with E-state index in [1.807, 2.05) is 13.8 Å². The van der Waals surface area contributed by atoms with Crippen LogP contribution in [-0.4, -0.2) is 37.4 Å². The Kier molecular flexibility index (Phi) is 4.83. The van der Waals surface area contributed by atoms with Gasteiger partial charge < -0.3 is 15.6 Å². The molecule has 0 aliphatic carbocycles. The standard InChI is InChI=1S/C15H21N5O3/c1-8(2)13(15(21)22)20-14(17-18-19-20)10-5-6-12(11(16)7-10)23-9(3)4/h5-9,13H,16H2,1-4H3,(H,21,22). The van der Waals surface area contributed by atoms with E-state index in [2.05, 4.69) is 15.5 Å². The third-order valence-corrected chi connectivity index (χ3v) is 3.27. The monoisotopic (exact) mass is 319 g/mol. The van der Waals surface area contributed by atoms with Gasteiger partial charge in [-0.25, -0.2) is 9.48 Å². The van der Waals surface area contributed by atoms with Crippen LogP contribution in [0.15, 0.2) is 18.2 Å². The number of ether oxygens (including phenoxy) is 1. The number of nitrogens with zero attached hydrogens (tertiary/aromatic N) is 4. The number of nitrogen functional groups attached to an aromatic ring is 1. The predicted molar refractivity (Wildman–Crippen MR) is 84.9 cm³/mol. The van der Waals surface area contributed by atoms with Crippen LogP contribution in [0.25, 0.3) is 11.4 Å². The number of carbonyl (C=O) groups is 1. The van der Waals surface area contributed by atoms with Gasteiger partial charge >= 0.3 is 5.97 Å². The number of hydrogen-bond donors (Lipinski definition) is 2. The highest BCUT2D eigenvalue weighted by Crippen LogP contribution is 2.30. The quantitative estimate of drug-likeness (QED) is 0.782. The lowest BCUT2D eigenvalue weighted by molar-refractivity contribution is -0.142. The molecule has 0 amide bonds. The summed E-state index contributed by atoms with van der Waals surface area (Å²) in [6.07, 6.45) is 0.00537. The zero-order valence-corrected chi connectivity index (χ0v) is 13.6. The fourth-order valence-electron chi connectivity index (χ4n) is 2.29. The zero-order chi connectivity index (χ0) is 17.1. The minimum atomic E-state index is -0.985. The molecule has 2 rings (SSSR count). The van der Waals surface area contributed by atoms with Gasteiger partial charge in [-0.05, 0) is 48.4 Å². The summed E-state index contributed by atoms with van der Waals surface area (Å²) < 4.78 is 6.90. The van der Waals surface area contributed by atoms with E-state index in [0.29, 0.717) is 22.8 Å². The highest BCUT2D eigenvalue weighted by Gasteiger charge is 2.28. The Bertz CT molecular complexity index is 696. The lowest BCUT2D eigenvalue weighted by Gasteiger charge is -2.18. The van der Waals surface area contributed by atoms with Crippen molar-refractivity contribution in [3.8, 4) is 17.1 Å². The van der Waals surface area contributed by atoms with Crippen molar-refractivity contribution in [2.75, 3.05) is 5.73 Å². The number of tetrazole rings is 1. The number of aliphatic carboxylic acids is 1. The van der Waals surface area contributed by atoms with Crippen molar-refractivity contribution in [3.63, 3.8) is 0 Å². The van der Waals surface area contributed by atoms with E-state index >= 15 is 0 Å². The average Bonchev–Trinajstić information content (AvgIpc) is 2.88. The second kappa shape index (κ2) is 6.64. The molecule has 1 unspecified atom stereocenters. The summed E-state index contributed by atoms with van der Waals surface area (Å²) in [6.45, 7) is 7.43. The van der Waals surface area contributed by atoms with Gasteiger partial charge in [0.1, 0.15) is 5.75 Å². The van der Waals surface area contributed by atoms with Crippen molar-refractivity contribution >= 4 is 11.7 Å². The minimum Gasteiger partial charge on any atom is -0.489 e. The number of hydrogen-bond acceptors (Lipinski definition) is 6. The molecule has 1 atom stereocenters. The summed E-state index contributed by atoms with van der Waals surface area (Å²) in [7, 11) is 0. The zero-order valence-electron chi connectivity index (χ0n) is 13.6. The molecule has 0 aliphatic heterocycles. The van der Waals surface area contributed by atoms with Gasteiger partial charge in [0.2, 0.25) is 0 Å². The van der Waals surface area contributed by atoms with Crippen molar-refractivity contribution in [3.05, 3.63) is 18.2 Å². The first-order valence-electron chi connectivity index (χ1n) is 7.38. The van der Waals surface area contributed by atoms with Gasteiger partial charge in [0.15, 0.2) is 11.9 Å². The predicted octanol–water partition coefficient (Wildman–Crippen LogP) is 1.99. The minimum absolute atomic E-state index is 0.00537. The van der Waals surface area contributed by atoms with Crippen LogP contribution in [-0.2, 0) is 4.79 Å². The summed E-state index contributed by atoms with van der Waals surface area (Å²) in [5.41, 5.74) is 7.08. The fourth-order valence-corrected chi connectivity index (χ4v) is 2.29. The Morgan fingerprint density at radius 3 is 2.52 bits per heavy atom. The first kappa shape index (κ1) is 16.7. The largest absolute Gasteiger partial charge is 0.489 e. The first-order valence-corrected chi connectivity index (χ1v) is 7.38. The number of benzene rings is 1. The van der Waals surface area contributed by atoms with Gasteiger partial charge in [-0.3, -0.25) is 0 Å². The van der Waals surface area contributed by atoms with Gasteiger partial charge in [-0.15, -0.1) is 5.10 Å². The molecule has 1 aromatic carbocycles. The molecular weight excluding hydrogens is 298 g/mol. The number of carboxylic acid groups (broad SMARTS) is 1. The van der Waals surface area contributed by atoms with Gasteiger partial charge in [-0.2, -0.15) is 0 Å².